The fourth-order valence-electron chi connectivity index (χ4n) is 9.74. The van der Waals surface area contributed by atoms with Crippen molar-refractivity contribution in [3.8, 4) is 0 Å². The Hall–Kier alpha value is -1.35. The Morgan fingerprint density at radius 2 is 1.79 bits per heavy atom. The molecule has 4 heteroatoms. The number of hydrogen-bond acceptors (Lipinski definition) is 2. The first-order valence-electron chi connectivity index (χ1n) is 15.8. The first-order valence-corrected chi connectivity index (χ1v) is 16.2. The summed E-state index contributed by atoms with van der Waals surface area (Å²) in [6.07, 6.45) is 15.4. The Morgan fingerprint density at radius 3 is 2.51 bits per heavy atom. The summed E-state index contributed by atoms with van der Waals surface area (Å²) in [5.74, 6) is 3.82. The maximum Gasteiger partial charge on any atom is 0.364 e. The number of ether oxygens (including phenoxy) is 1. The minimum atomic E-state index is -2.65. The molecule has 0 radical (unpaired) electrons. The largest absolute Gasteiger partial charge is 0.458 e. The van der Waals surface area contributed by atoms with E-state index in [0.717, 1.165) is 48.9 Å². The highest BCUT2D eigenvalue weighted by molar-refractivity contribution is 6.32. The fourth-order valence-corrected chi connectivity index (χ4v) is 9.91. The molecule has 0 aliphatic heterocycles. The third kappa shape index (κ3) is 5.35. The maximum absolute atomic E-state index is 15.2. The number of halogens is 2. The van der Waals surface area contributed by atoms with E-state index in [1.807, 2.05) is 0 Å². The standard InChI is InChI=1S/C35H50ClFO2/c1-23(2)10-9-11-24(3)29-16-17-30-28-15-14-26-22-27(18-20-33(26,4)31(28)19-21-34(29,30)5)39-32(38)35(36,37)25-12-7-6-8-13-25/h6-8,12-14,23-24,27-31H,9-11,15-22H2,1-5H3. The zero-order valence-electron chi connectivity index (χ0n) is 24.9. The van der Waals surface area contributed by atoms with Crippen LogP contribution in [0.4, 0.5) is 4.39 Å². The van der Waals surface area contributed by atoms with Gasteiger partial charge in [0.05, 0.1) is 0 Å². The van der Waals surface area contributed by atoms with Crippen molar-refractivity contribution >= 4 is 17.6 Å². The number of alkyl halides is 2. The van der Waals surface area contributed by atoms with Gasteiger partial charge in [0.15, 0.2) is 0 Å². The van der Waals surface area contributed by atoms with Crippen molar-refractivity contribution in [2.45, 2.75) is 116 Å². The lowest BCUT2D eigenvalue weighted by atomic mass is 9.47. The van der Waals surface area contributed by atoms with E-state index in [4.69, 9.17) is 16.3 Å². The lowest BCUT2D eigenvalue weighted by molar-refractivity contribution is -0.160. The molecule has 5 rings (SSSR count). The Bertz CT molecular complexity index is 1050. The average Bonchev–Trinajstić information content (AvgIpc) is 3.26. The number of carbonyl (C=O) groups is 1. The van der Waals surface area contributed by atoms with E-state index in [9.17, 15) is 4.79 Å². The van der Waals surface area contributed by atoms with Gasteiger partial charge >= 0.3 is 11.1 Å². The molecule has 0 aromatic heterocycles. The number of esters is 1. The fraction of sp³-hybridized carbons (Fsp3) is 0.743. The van der Waals surface area contributed by atoms with Crippen LogP contribution in [0.2, 0.25) is 0 Å². The van der Waals surface area contributed by atoms with Crippen LogP contribution in [-0.2, 0) is 14.7 Å². The first-order chi connectivity index (χ1) is 18.5. The second kappa shape index (κ2) is 11.1. The summed E-state index contributed by atoms with van der Waals surface area (Å²) in [4.78, 5) is 12.8. The summed E-state index contributed by atoms with van der Waals surface area (Å²) in [6.45, 7) is 12.3. The highest BCUT2D eigenvalue weighted by Crippen LogP contribution is 2.67. The van der Waals surface area contributed by atoms with Gasteiger partial charge in [-0.05, 0) is 91.3 Å². The van der Waals surface area contributed by atoms with Crippen molar-refractivity contribution in [2.75, 3.05) is 0 Å². The molecule has 0 bridgehead atoms. The first kappa shape index (κ1) is 29.2. The van der Waals surface area contributed by atoms with E-state index in [2.05, 4.69) is 40.7 Å². The van der Waals surface area contributed by atoms with Gasteiger partial charge in [-0.3, -0.25) is 0 Å². The van der Waals surface area contributed by atoms with Crippen LogP contribution < -0.4 is 0 Å². The van der Waals surface area contributed by atoms with E-state index in [1.165, 1.54) is 62.7 Å². The lowest BCUT2D eigenvalue weighted by Gasteiger charge is -2.58. The zero-order valence-corrected chi connectivity index (χ0v) is 25.6. The Labute approximate surface area is 241 Å². The van der Waals surface area contributed by atoms with Gasteiger partial charge in [0.1, 0.15) is 6.10 Å². The van der Waals surface area contributed by atoms with Gasteiger partial charge in [0.25, 0.3) is 0 Å². The molecule has 3 fully saturated rings. The van der Waals surface area contributed by atoms with Gasteiger partial charge in [0.2, 0.25) is 0 Å². The smallest absolute Gasteiger partial charge is 0.364 e. The van der Waals surface area contributed by atoms with Crippen molar-refractivity contribution in [1.82, 2.24) is 0 Å². The molecule has 2 nitrogen and oxygen atoms in total. The summed E-state index contributed by atoms with van der Waals surface area (Å²) in [5, 5.41) is -2.65. The van der Waals surface area contributed by atoms with Crippen LogP contribution in [0.5, 0.6) is 0 Å². The second-order valence-electron chi connectivity index (χ2n) is 14.5. The molecule has 0 heterocycles. The quantitative estimate of drug-likeness (QED) is 0.181. The molecule has 9 unspecified atom stereocenters. The van der Waals surface area contributed by atoms with Crippen LogP contribution in [0.1, 0.15) is 111 Å². The van der Waals surface area contributed by atoms with Crippen molar-refractivity contribution in [1.29, 1.82) is 0 Å². The average molecular weight is 557 g/mol. The molecule has 1 aromatic carbocycles. The van der Waals surface area contributed by atoms with Gasteiger partial charge in [-0.1, -0.05) is 107 Å². The molecule has 9 atom stereocenters. The second-order valence-corrected chi connectivity index (χ2v) is 15.0. The normalized spacial score (nSPS) is 38.2. The van der Waals surface area contributed by atoms with Crippen molar-refractivity contribution in [3.63, 3.8) is 0 Å². The molecule has 0 spiro atoms. The minimum Gasteiger partial charge on any atom is -0.458 e. The van der Waals surface area contributed by atoms with Gasteiger partial charge in [0, 0.05) is 12.0 Å². The third-order valence-electron chi connectivity index (χ3n) is 11.9. The molecule has 216 valence electrons. The monoisotopic (exact) mass is 556 g/mol. The molecule has 39 heavy (non-hydrogen) atoms. The summed E-state index contributed by atoms with van der Waals surface area (Å²) in [5.41, 5.74) is 2.22. The molecular weight excluding hydrogens is 507 g/mol. The lowest BCUT2D eigenvalue weighted by Crippen LogP contribution is -2.51. The van der Waals surface area contributed by atoms with Crippen LogP contribution in [0, 0.1) is 46.3 Å². The number of hydrogen-bond donors (Lipinski definition) is 0. The predicted molar refractivity (Wildman–Crippen MR) is 158 cm³/mol. The molecule has 4 aliphatic carbocycles. The zero-order chi connectivity index (χ0) is 28.0. The molecule has 1 aromatic rings. The predicted octanol–water partition coefficient (Wildman–Crippen LogP) is 10.0. The van der Waals surface area contributed by atoms with Gasteiger partial charge in [-0.15, -0.1) is 0 Å². The topological polar surface area (TPSA) is 26.3 Å². The molecule has 3 saturated carbocycles. The van der Waals surface area contributed by atoms with Crippen LogP contribution in [0.15, 0.2) is 42.0 Å². The highest BCUT2D eigenvalue weighted by atomic mass is 35.5. The number of fused-ring (bicyclic) bond motifs is 5. The number of rotatable bonds is 8. The SMILES string of the molecule is CC(C)CCCC(C)C1CCC2C3CC=C4CC(OC(=O)C(F)(Cl)c5ccccc5)CCC4(C)C3CCC12C. The molecule has 0 amide bonds. The van der Waals surface area contributed by atoms with Crippen molar-refractivity contribution in [2.24, 2.45) is 46.3 Å². The molecule has 4 aliphatic rings. The van der Waals surface area contributed by atoms with Crippen LogP contribution in [-0.4, -0.2) is 12.1 Å². The summed E-state index contributed by atoms with van der Waals surface area (Å²) < 4.78 is 21.0. The van der Waals surface area contributed by atoms with Gasteiger partial charge in [-0.2, -0.15) is 0 Å². The van der Waals surface area contributed by atoms with Gasteiger partial charge < -0.3 is 4.74 Å². The molecule has 0 N–H and O–H groups in total. The van der Waals surface area contributed by atoms with Crippen molar-refractivity contribution in [3.05, 3.63) is 47.5 Å². The Balaban J connectivity index is 1.25. The summed E-state index contributed by atoms with van der Waals surface area (Å²) in [6, 6.07) is 8.22. The third-order valence-corrected chi connectivity index (χ3v) is 12.3. The number of allylic oxidation sites excluding steroid dienone is 1. The Kier molecular flexibility index (Phi) is 8.33. The van der Waals surface area contributed by atoms with E-state index in [1.54, 1.807) is 18.2 Å². The molecule has 0 saturated heterocycles. The van der Waals surface area contributed by atoms with Crippen LogP contribution in [0.25, 0.3) is 0 Å². The summed E-state index contributed by atoms with van der Waals surface area (Å²) >= 11 is 6.07. The van der Waals surface area contributed by atoms with Gasteiger partial charge in [-0.25, -0.2) is 9.18 Å². The Morgan fingerprint density at radius 1 is 1.05 bits per heavy atom. The van der Waals surface area contributed by atoms with E-state index < -0.39 is 11.1 Å². The number of carbonyl (C=O) groups excluding carboxylic acids is 1. The van der Waals surface area contributed by atoms with Crippen LogP contribution >= 0.6 is 11.6 Å². The van der Waals surface area contributed by atoms with E-state index >= 15 is 4.39 Å². The molecular formula is C35H50ClFO2. The van der Waals surface area contributed by atoms with E-state index in [0.29, 0.717) is 17.8 Å². The van der Waals surface area contributed by atoms with Crippen LogP contribution in [0.3, 0.4) is 0 Å². The highest BCUT2D eigenvalue weighted by Gasteiger charge is 2.59. The van der Waals surface area contributed by atoms with E-state index in [-0.39, 0.29) is 17.1 Å². The number of benzene rings is 1. The maximum atomic E-state index is 15.2. The summed E-state index contributed by atoms with van der Waals surface area (Å²) in [7, 11) is 0. The minimum absolute atomic E-state index is 0.131. The van der Waals surface area contributed by atoms with Crippen molar-refractivity contribution < 1.29 is 13.9 Å².